The molecule has 1 aromatic rings. The van der Waals surface area contributed by atoms with Crippen LogP contribution in [0.5, 0.6) is 0 Å². The number of hydrogen-bond donors (Lipinski definition) is 1. The first kappa shape index (κ1) is 22.0. The summed E-state index contributed by atoms with van der Waals surface area (Å²) in [4.78, 5) is 50.5. The molecule has 2 fully saturated rings. The molecule has 1 aliphatic heterocycles. The van der Waals surface area contributed by atoms with E-state index in [2.05, 4.69) is 37.2 Å². The number of nitrogens with one attached hydrogen (secondary N) is 1. The number of alkyl halides is 2. The third-order valence-electron chi connectivity index (χ3n) is 5.53. The molecular formula is C20H22Br2N2O5. The summed E-state index contributed by atoms with van der Waals surface area (Å²) in [5.41, 5.74) is 2.61. The number of rotatable bonds is 5. The van der Waals surface area contributed by atoms with Crippen LogP contribution in [0, 0.1) is 25.7 Å². The highest BCUT2D eigenvalue weighted by Crippen LogP contribution is 2.43. The molecule has 2 aliphatic rings. The van der Waals surface area contributed by atoms with E-state index in [-0.39, 0.29) is 21.5 Å². The SMILES string of the molecule is Cc1cccc(NC(=O)COC(=O)CN2C(=O)[C@H]3C[C@H](Br)[C@@H](Br)C[C@H]3C2=O)c1C. The molecule has 0 aromatic heterocycles. The van der Waals surface area contributed by atoms with Gasteiger partial charge in [-0.25, -0.2) is 0 Å². The average Bonchev–Trinajstić information content (AvgIpc) is 2.89. The number of carbonyl (C=O) groups excluding carboxylic acids is 4. The normalized spacial score (nSPS) is 26.3. The maximum atomic E-state index is 12.6. The highest BCUT2D eigenvalue weighted by molar-refractivity contribution is 9.12. The maximum absolute atomic E-state index is 12.6. The lowest BCUT2D eigenvalue weighted by Gasteiger charge is -2.29. The summed E-state index contributed by atoms with van der Waals surface area (Å²) in [7, 11) is 0. The fourth-order valence-corrected chi connectivity index (χ4v) is 4.95. The first-order chi connectivity index (χ1) is 13.7. The lowest BCUT2D eigenvalue weighted by atomic mass is 9.81. The van der Waals surface area contributed by atoms with E-state index in [4.69, 9.17) is 4.74 Å². The van der Waals surface area contributed by atoms with Crippen molar-refractivity contribution >= 4 is 61.2 Å². The summed E-state index contributed by atoms with van der Waals surface area (Å²) >= 11 is 7.04. The van der Waals surface area contributed by atoms with E-state index in [1.165, 1.54) is 0 Å². The second-order valence-electron chi connectivity index (χ2n) is 7.44. The van der Waals surface area contributed by atoms with Crippen LogP contribution in [0.4, 0.5) is 5.69 Å². The number of fused-ring (bicyclic) bond motifs is 1. The number of ether oxygens (including phenoxy) is 1. The summed E-state index contributed by atoms with van der Waals surface area (Å²) in [6, 6.07) is 5.52. The molecule has 0 bridgehead atoms. The molecule has 29 heavy (non-hydrogen) atoms. The number of imide groups is 1. The van der Waals surface area contributed by atoms with E-state index in [1.807, 2.05) is 26.0 Å². The summed E-state index contributed by atoms with van der Waals surface area (Å²) < 4.78 is 4.98. The molecule has 1 N–H and O–H groups in total. The molecule has 1 aromatic carbocycles. The number of esters is 1. The summed E-state index contributed by atoms with van der Waals surface area (Å²) in [5.74, 6) is -2.79. The minimum absolute atomic E-state index is 0.0983. The zero-order chi connectivity index (χ0) is 21.3. The Morgan fingerprint density at radius 3 is 2.28 bits per heavy atom. The molecule has 0 unspecified atom stereocenters. The van der Waals surface area contributed by atoms with Crippen LogP contribution in [0.2, 0.25) is 0 Å². The van der Waals surface area contributed by atoms with Gasteiger partial charge in [0.25, 0.3) is 5.91 Å². The molecule has 1 heterocycles. The molecule has 9 heteroatoms. The third kappa shape index (κ3) is 4.71. The van der Waals surface area contributed by atoms with Gasteiger partial charge < -0.3 is 10.1 Å². The van der Waals surface area contributed by atoms with Crippen molar-refractivity contribution in [3.63, 3.8) is 0 Å². The van der Waals surface area contributed by atoms with E-state index in [1.54, 1.807) is 6.07 Å². The van der Waals surface area contributed by atoms with Crippen LogP contribution in [0.3, 0.4) is 0 Å². The number of carbonyl (C=O) groups is 4. The molecule has 3 amide bonds. The monoisotopic (exact) mass is 528 g/mol. The number of benzene rings is 1. The van der Waals surface area contributed by atoms with Gasteiger partial charge in [0.1, 0.15) is 6.54 Å². The second kappa shape index (κ2) is 8.95. The highest BCUT2D eigenvalue weighted by atomic mass is 79.9. The smallest absolute Gasteiger partial charge is 0.326 e. The fraction of sp³-hybridized carbons (Fsp3) is 0.500. The van der Waals surface area contributed by atoms with Crippen molar-refractivity contribution in [3.8, 4) is 0 Å². The predicted octanol–water partition coefficient (Wildman–Crippen LogP) is 2.71. The standard InChI is InChI=1S/C20H22Br2N2O5/c1-10-4-3-5-16(11(10)2)23-17(25)9-29-18(26)8-24-19(27)12-6-14(21)15(22)7-13(12)20(24)28/h3-5,12-15H,6-9H2,1-2H3,(H,23,25)/t12-,13+,14-,15-/m0/s1. The minimum Gasteiger partial charge on any atom is -0.454 e. The molecule has 7 nitrogen and oxygen atoms in total. The number of aryl methyl sites for hydroxylation is 1. The molecule has 1 saturated heterocycles. The van der Waals surface area contributed by atoms with Crippen molar-refractivity contribution in [2.24, 2.45) is 11.8 Å². The Balaban J connectivity index is 1.53. The molecular weight excluding hydrogens is 508 g/mol. The molecule has 1 aliphatic carbocycles. The van der Waals surface area contributed by atoms with Gasteiger partial charge in [-0.1, -0.05) is 44.0 Å². The van der Waals surface area contributed by atoms with Crippen molar-refractivity contribution in [2.75, 3.05) is 18.5 Å². The Morgan fingerprint density at radius 2 is 1.69 bits per heavy atom. The van der Waals surface area contributed by atoms with Gasteiger partial charge in [0, 0.05) is 15.3 Å². The third-order valence-corrected chi connectivity index (χ3v) is 8.27. The summed E-state index contributed by atoms with van der Waals surface area (Å²) in [6.07, 6.45) is 1.07. The molecule has 0 radical (unpaired) electrons. The molecule has 0 spiro atoms. The number of nitrogens with zero attached hydrogens (tertiary/aromatic N) is 1. The lowest BCUT2D eigenvalue weighted by molar-refractivity contribution is -0.154. The van der Waals surface area contributed by atoms with Crippen LogP contribution < -0.4 is 5.32 Å². The molecule has 4 atom stereocenters. The van der Waals surface area contributed by atoms with Gasteiger partial charge in [-0.15, -0.1) is 0 Å². The van der Waals surface area contributed by atoms with Gasteiger partial charge in [0.05, 0.1) is 11.8 Å². The van der Waals surface area contributed by atoms with E-state index >= 15 is 0 Å². The van der Waals surface area contributed by atoms with E-state index < -0.39 is 36.9 Å². The number of amides is 3. The topological polar surface area (TPSA) is 92.8 Å². The molecule has 1 saturated carbocycles. The quantitative estimate of drug-likeness (QED) is 0.359. The largest absolute Gasteiger partial charge is 0.454 e. The Kier molecular flexibility index (Phi) is 6.78. The van der Waals surface area contributed by atoms with Gasteiger partial charge >= 0.3 is 5.97 Å². The minimum atomic E-state index is -0.785. The van der Waals surface area contributed by atoms with E-state index in [0.29, 0.717) is 18.5 Å². The van der Waals surface area contributed by atoms with Crippen molar-refractivity contribution < 1.29 is 23.9 Å². The second-order valence-corrected chi connectivity index (χ2v) is 9.79. The van der Waals surface area contributed by atoms with Crippen LogP contribution in [-0.4, -0.2) is 51.4 Å². The number of halogens is 2. The Bertz CT molecular complexity index is 831. The zero-order valence-corrected chi connectivity index (χ0v) is 19.3. The van der Waals surface area contributed by atoms with Gasteiger partial charge in [-0.2, -0.15) is 0 Å². The van der Waals surface area contributed by atoms with Crippen molar-refractivity contribution in [1.82, 2.24) is 4.90 Å². The predicted molar refractivity (Wildman–Crippen MR) is 114 cm³/mol. The first-order valence-corrected chi connectivity index (χ1v) is 11.2. The average molecular weight is 530 g/mol. The van der Waals surface area contributed by atoms with Crippen molar-refractivity contribution in [2.45, 2.75) is 36.3 Å². The maximum Gasteiger partial charge on any atom is 0.326 e. The van der Waals surface area contributed by atoms with E-state index in [9.17, 15) is 19.2 Å². The Labute approximate surface area is 185 Å². The van der Waals surface area contributed by atoms with Crippen LogP contribution in [0.1, 0.15) is 24.0 Å². The lowest BCUT2D eigenvalue weighted by Crippen LogP contribution is -2.37. The van der Waals surface area contributed by atoms with Crippen LogP contribution in [-0.2, 0) is 23.9 Å². The van der Waals surface area contributed by atoms with E-state index in [0.717, 1.165) is 16.0 Å². The van der Waals surface area contributed by atoms with Crippen LogP contribution in [0.25, 0.3) is 0 Å². The van der Waals surface area contributed by atoms with Gasteiger partial charge in [-0.05, 0) is 43.9 Å². The fourth-order valence-electron chi connectivity index (χ4n) is 3.71. The van der Waals surface area contributed by atoms with Gasteiger partial charge in [0.15, 0.2) is 6.61 Å². The first-order valence-electron chi connectivity index (χ1n) is 9.34. The Morgan fingerprint density at radius 1 is 1.10 bits per heavy atom. The number of anilines is 1. The Hall–Kier alpha value is -1.74. The van der Waals surface area contributed by atoms with Gasteiger partial charge in [-0.3, -0.25) is 24.1 Å². The van der Waals surface area contributed by atoms with Crippen molar-refractivity contribution in [1.29, 1.82) is 0 Å². The molecule has 156 valence electrons. The van der Waals surface area contributed by atoms with Crippen LogP contribution in [0.15, 0.2) is 18.2 Å². The van der Waals surface area contributed by atoms with Crippen LogP contribution >= 0.6 is 31.9 Å². The van der Waals surface area contributed by atoms with Gasteiger partial charge in [0.2, 0.25) is 11.8 Å². The summed E-state index contributed by atoms with van der Waals surface area (Å²) in [5, 5.41) is 2.69. The highest BCUT2D eigenvalue weighted by Gasteiger charge is 2.52. The number of hydrogen-bond acceptors (Lipinski definition) is 5. The summed E-state index contributed by atoms with van der Waals surface area (Å²) in [6.45, 7) is 2.86. The number of likely N-dealkylation sites (tertiary alicyclic amines) is 1. The molecule has 3 rings (SSSR count). The van der Waals surface area contributed by atoms with Crippen molar-refractivity contribution in [3.05, 3.63) is 29.3 Å². The zero-order valence-electron chi connectivity index (χ0n) is 16.1.